The lowest BCUT2D eigenvalue weighted by molar-refractivity contribution is -0.143. The monoisotopic (exact) mass is 210 g/mol. The van der Waals surface area contributed by atoms with Crippen molar-refractivity contribution < 1.29 is 9.90 Å². The Morgan fingerprint density at radius 1 is 1.43 bits per heavy atom. The summed E-state index contributed by atoms with van der Waals surface area (Å²) in [7, 11) is 0. The van der Waals surface area contributed by atoms with E-state index in [2.05, 4.69) is 11.4 Å². The van der Waals surface area contributed by atoms with Crippen LogP contribution >= 0.6 is 11.3 Å². The van der Waals surface area contributed by atoms with E-state index in [0.29, 0.717) is 0 Å². The molecule has 0 amide bonds. The van der Waals surface area contributed by atoms with Gasteiger partial charge in [-0.2, -0.15) is 11.3 Å². The third-order valence-corrected chi connectivity index (χ3v) is 3.76. The number of hydrogen-bond acceptors (Lipinski definition) is 2. The number of hydrogen-bond donors (Lipinski definition) is 1. The molecular formula is C11H14O2S. The van der Waals surface area contributed by atoms with Crippen LogP contribution in [-0.4, -0.2) is 11.1 Å². The molecule has 1 aliphatic rings. The maximum absolute atomic E-state index is 11.1. The van der Waals surface area contributed by atoms with Gasteiger partial charge in [-0.05, 0) is 41.1 Å². The number of carbonyl (C=O) groups is 1. The Morgan fingerprint density at radius 2 is 2.21 bits per heavy atom. The zero-order chi connectivity index (χ0) is 9.97. The van der Waals surface area contributed by atoms with Crippen LogP contribution in [0.4, 0.5) is 0 Å². The van der Waals surface area contributed by atoms with Gasteiger partial charge in [0.1, 0.15) is 0 Å². The van der Waals surface area contributed by atoms with Crippen LogP contribution in [0.5, 0.6) is 0 Å². The Hall–Kier alpha value is -0.830. The molecule has 0 aliphatic heterocycles. The second-order valence-corrected chi connectivity index (χ2v) is 4.67. The lowest BCUT2D eigenvalue weighted by atomic mass is 9.76. The molecule has 14 heavy (non-hydrogen) atoms. The summed E-state index contributed by atoms with van der Waals surface area (Å²) in [5.41, 5.74) is 1.22. The first kappa shape index (κ1) is 9.71. The average Bonchev–Trinajstić information content (AvgIpc) is 2.70. The first-order valence-corrected chi connectivity index (χ1v) is 5.98. The molecule has 2 rings (SSSR count). The van der Waals surface area contributed by atoms with Gasteiger partial charge >= 0.3 is 5.97 Å². The summed E-state index contributed by atoms with van der Waals surface area (Å²) < 4.78 is 0. The van der Waals surface area contributed by atoms with E-state index >= 15 is 0 Å². The fraction of sp³-hybridized carbons (Fsp3) is 0.545. The van der Waals surface area contributed by atoms with Crippen LogP contribution in [0.25, 0.3) is 0 Å². The number of rotatable bonds is 2. The average molecular weight is 210 g/mol. The molecule has 1 heterocycles. The van der Waals surface area contributed by atoms with E-state index in [1.54, 1.807) is 11.3 Å². The molecule has 1 N–H and O–H groups in total. The van der Waals surface area contributed by atoms with E-state index in [9.17, 15) is 4.79 Å². The minimum atomic E-state index is -0.624. The Balaban J connectivity index is 2.18. The van der Waals surface area contributed by atoms with Crippen molar-refractivity contribution in [2.24, 2.45) is 5.92 Å². The fourth-order valence-electron chi connectivity index (χ4n) is 2.31. The van der Waals surface area contributed by atoms with Crippen LogP contribution in [0, 0.1) is 5.92 Å². The molecule has 76 valence electrons. The Labute approximate surface area is 87.6 Å². The number of aliphatic carboxylic acids is 1. The van der Waals surface area contributed by atoms with Crippen molar-refractivity contribution in [2.45, 2.75) is 31.6 Å². The van der Waals surface area contributed by atoms with E-state index < -0.39 is 5.97 Å². The van der Waals surface area contributed by atoms with Gasteiger partial charge in [0.25, 0.3) is 0 Å². The highest BCUT2D eigenvalue weighted by Crippen LogP contribution is 2.38. The smallest absolute Gasteiger partial charge is 0.307 e. The van der Waals surface area contributed by atoms with Crippen molar-refractivity contribution in [2.75, 3.05) is 0 Å². The van der Waals surface area contributed by atoms with Crippen LogP contribution < -0.4 is 0 Å². The highest BCUT2D eigenvalue weighted by molar-refractivity contribution is 7.07. The summed E-state index contributed by atoms with van der Waals surface area (Å²) in [6.45, 7) is 0. The van der Waals surface area contributed by atoms with Gasteiger partial charge < -0.3 is 5.11 Å². The third-order valence-electron chi connectivity index (χ3n) is 3.05. The molecule has 1 aromatic rings. The van der Waals surface area contributed by atoms with Gasteiger partial charge in [-0.3, -0.25) is 4.79 Å². The predicted octanol–water partition coefficient (Wildman–Crippen LogP) is 3.11. The van der Waals surface area contributed by atoms with Crippen molar-refractivity contribution in [1.29, 1.82) is 0 Å². The largest absolute Gasteiger partial charge is 0.481 e. The molecule has 1 fully saturated rings. The third kappa shape index (κ3) is 1.82. The fourth-order valence-corrected chi connectivity index (χ4v) is 3.04. The van der Waals surface area contributed by atoms with Gasteiger partial charge in [-0.1, -0.05) is 12.8 Å². The number of carboxylic acid groups (broad SMARTS) is 1. The Bertz CT molecular complexity index is 305. The van der Waals surface area contributed by atoms with E-state index in [-0.39, 0.29) is 11.8 Å². The van der Waals surface area contributed by atoms with Crippen molar-refractivity contribution in [3.05, 3.63) is 22.4 Å². The first-order chi connectivity index (χ1) is 6.79. The summed E-state index contributed by atoms with van der Waals surface area (Å²) in [4.78, 5) is 11.1. The summed E-state index contributed by atoms with van der Waals surface area (Å²) in [5, 5.41) is 13.2. The van der Waals surface area contributed by atoms with Crippen molar-refractivity contribution >= 4 is 17.3 Å². The molecule has 2 unspecified atom stereocenters. The zero-order valence-corrected chi connectivity index (χ0v) is 8.80. The van der Waals surface area contributed by atoms with Crippen LogP contribution in [0.15, 0.2) is 16.8 Å². The standard InChI is InChI=1S/C11H14O2S/c12-11(13)10-4-2-1-3-9(10)8-5-6-14-7-8/h5-7,9-10H,1-4H2,(H,12,13). The second-order valence-electron chi connectivity index (χ2n) is 3.89. The van der Waals surface area contributed by atoms with Gasteiger partial charge in [0.2, 0.25) is 0 Å². The first-order valence-electron chi connectivity index (χ1n) is 5.04. The van der Waals surface area contributed by atoms with Crippen LogP contribution in [0.2, 0.25) is 0 Å². The molecule has 2 nitrogen and oxygen atoms in total. The lowest BCUT2D eigenvalue weighted by Gasteiger charge is -2.27. The Kier molecular flexibility index (Phi) is 2.87. The van der Waals surface area contributed by atoms with Gasteiger partial charge in [0.05, 0.1) is 5.92 Å². The summed E-state index contributed by atoms with van der Waals surface area (Å²) in [5.74, 6) is -0.522. The molecule has 1 aromatic heterocycles. The topological polar surface area (TPSA) is 37.3 Å². The van der Waals surface area contributed by atoms with E-state index in [1.165, 1.54) is 12.0 Å². The van der Waals surface area contributed by atoms with E-state index in [1.807, 2.05) is 5.38 Å². The van der Waals surface area contributed by atoms with Gasteiger partial charge in [0.15, 0.2) is 0 Å². The van der Waals surface area contributed by atoms with Crippen molar-refractivity contribution in [3.63, 3.8) is 0 Å². The van der Waals surface area contributed by atoms with Crippen LogP contribution in [0.1, 0.15) is 37.2 Å². The zero-order valence-electron chi connectivity index (χ0n) is 7.98. The Morgan fingerprint density at radius 3 is 2.86 bits per heavy atom. The van der Waals surface area contributed by atoms with E-state index in [4.69, 9.17) is 5.11 Å². The normalized spacial score (nSPS) is 27.4. The van der Waals surface area contributed by atoms with Gasteiger partial charge in [-0.25, -0.2) is 0 Å². The van der Waals surface area contributed by atoms with Crippen molar-refractivity contribution in [1.82, 2.24) is 0 Å². The number of thiophene rings is 1. The molecule has 0 bridgehead atoms. The maximum atomic E-state index is 11.1. The van der Waals surface area contributed by atoms with E-state index in [0.717, 1.165) is 19.3 Å². The number of carboxylic acids is 1. The molecule has 0 saturated heterocycles. The van der Waals surface area contributed by atoms with Crippen LogP contribution in [0.3, 0.4) is 0 Å². The molecule has 2 atom stereocenters. The maximum Gasteiger partial charge on any atom is 0.307 e. The summed E-state index contributed by atoms with van der Waals surface area (Å²) in [6.07, 6.45) is 4.12. The molecule has 0 radical (unpaired) electrons. The predicted molar refractivity (Wildman–Crippen MR) is 56.7 cm³/mol. The summed E-state index contributed by atoms with van der Waals surface area (Å²) >= 11 is 1.65. The minimum absolute atomic E-state index is 0.154. The highest BCUT2D eigenvalue weighted by Gasteiger charge is 2.31. The van der Waals surface area contributed by atoms with Gasteiger partial charge in [-0.15, -0.1) is 0 Å². The van der Waals surface area contributed by atoms with Crippen LogP contribution in [-0.2, 0) is 4.79 Å². The molecule has 3 heteroatoms. The molecule has 0 spiro atoms. The quantitative estimate of drug-likeness (QED) is 0.814. The minimum Gasteiger partial charge on any atom is -0.481 e. The SMILES string of the molecule is O=C(O)C1CCCCC1c1ccsc1. The second kappa shape index (κ2) is 4.13. The lowest BCUT2D eigenvalue weighted by Crippen LogP contribution is -2.25. The molecule has 1 aliphatic carbocycles. The van der Waals surface area contributed by atoms with Crippen molar-refractivity contribution in [3.8, 4) is 0 Å². The molecule has 0 aromatic carbocycles. The molecular weight excluding hydrogens is 196 g/mol. The molecule has 1 saturated carbocycles. The van der Waals surface area contributed by atoms with Gasteiger partial charge in [0, 0.05) is 0 Å². The highest BCUT2D eigenvalue weighted by atomic mass is 32.1. The summed E-state index contributed by atoms with van der Waals surface area (Å²) in [6, 6.07) is 2.07.